The molecule has 25 heavy (non-hydrogen) atoms. The minimum absolute atomic E-state index is 0.00533. The van der Waals surface area contributed by atoms with E-state index in [4.69, 9.17) is 4.74 Å². The average molecular weight is 346 g/mol. The van der Waals surface area contributed by atoms with Gasteiger partial charge in [-0.25, -0.2) is 0 Å². The van der Waals surface area contributed by atoms with Gasteiger partial charge in [0, 0.05) is 25.2 Å². The summed E-state index contributed by atoms with van der Waals surface area (Å²) in [6.07, 6.45) is 6.90. The molecular formula is C21H30O4. The predicted molar refractivity (Wildman–Crippen MR) is 92.6 cm³/mol. The van der Waals surface area contributed by atoms with Gasteiger partial charge in [-0.05, 0) is 60.7 Å². The van der Waals surface area contributed by atoms with E-state index in [1.165, 1.54) is 7.11 Å². The molecule has 0 aromatic carbocycles. The number of hydrogen-bond donors (Lipinski definition) is 0. The van der Waals surface area contributed by atoms with E-state index >= 15 is 0 Å². The van der Waals surface area contributed by atoms with Crippen LogP contribution in [0, 0.1) is 40.4 Å². The molecule has 138 valence electrons. The number of rotatable bonds is 1. The highest BCUT2D eigenvalue weighted by Crippen LogP contribution is 2.66. The van der Waals surface area contributed by atoms with Gasteiger partial charge in [-0.2, -0.15) is 0 Å². The molecule has 0 saturated heterocycles. The van der Waals surface area contributed by atoms with Crippen molar-refractivity contribution in [3.8, 4) is 0 Å². The third-order valence-corrected chi connectivity index (χ3v) is 8.73. The van der Waals surface area contributed by atoms with Crippen molar-refractivity contribution in [1.82, 2.24) is 0 Å². The molecule has 4 aliphatic carbocycles. The van der Waals surface area contributed by atoms with Gasteiger partial charge in [0.25, 0.3) is 0 Å². The lowest BCUT2D eigenvalue weighted by atomic mass is 9.44. The molecule has 7 atom stereocenters. The highest BCUT2D eigenvalue weighted by Gasteiger charge is 2.64. The summed E-state index contributed by atoms with van der Waals surface area (Å²) < 4.78 is 5.02. The fraction of sp³-hybridized carbons (Fsp3) is 0.857. The third kappa shape index (κ3) is 2.28. The first-order valence-corrected chi connectivity index (χ1v) is 9.93. The summed E-state index contributed by atoms with van der Waals surface area (Å²) in [6.45, 7) is 4.53. The SMILES string of the molecule is COC(=O)[C@@H]1CC(=O)[C@@H]2[C@H]3CC[C@@H]4CC(=O)CC[C@]4(C)[C@@H]3CC[C@@]21C. The van der Waals surface area contributed by atoms with E-state index in [0.717, 1.165) is 38.5 Å². The lowest BCUT2D eigenvalue weighted by Crippen LogP contribution is -2.54. The summed E-state index contributed by atoms with van der Waals surface area (Å²) in [4.78, 5) is 37.2. The molecule has 0 aromatic rings. The van der Waals surface area contributed by atoms with E-state index in [1.54, 1.807) is 0 Å². The number of Topliss-reactive ketones (excluding diaryl/α,β-unsaturated/α-hetero) is 2. The van der Waals surface area contributed by atoms with Crippen LogP contribution in [0.5, 0.6) is 0 Å². The zero-order chi connectivity index (χ0) is 18.0. The fourth-order valence-electron chi connectivity index (χ4n) is 7.33. The van der Waals surface area contributed by atoms with E-state index in [9.17, 15) is 14.4 Å². The molecule has 0 spiro atoms. The second-order valence-electron chi connectivity index (χ2n) is 9.56. The molecule has 0 N–H and O–H groups in total. The summed E-state index contributed by atoms with van der Waals surface area (Å²) in [5.74, 6) is 1.63. The molecule has 0 bridgehead atoms. The minimum atomic E-state index is -0.269. The average Bonchev–Trinajstić information content (AvgIpc) is 2.86. The number of methoxy groups -OCH3 is 1. The Morgan fingerprint density at radius 2 is 1.80 bits per heavy atom. The van der Waals surface area contributed by atoms with Crippen LogP contribution in [0.2, 0.25) is 0 Å². The van der Waals surface area contributed by atoms with Crippen LogP contribution >= 0.6 is 0 Å². The number of carbonyl (C=O) groups excluding carboxylic acids is 3. The van der Waals surface area contributed by atoms with Crippen LogP contribution in [-0.4, -0.2) is 24.6 Å². The molecule has 4 nitrogen and oxygen atoms in total. The van der Waals surface area contributed by atoms with Gasteiger partial charge in [0.15, 0.2) is 0 Å². The number of fused-ring (bicyclic) bond motifs is 5. The van der Waals surface area contributed by atoms with Gasteiger partial charge >= 0.3 is 5.97 Å². The first-order chi connectivity index (χ1) is 11.8. The second kappa shape index (κ2) is 5.65. The molecule has 0 radical (unpaired) electrons. The van der Waals surface area contributed by atoms with Gasteiger partial charge in [0.1, 0.15) is 11.6 Å². The van der Waals surface area contributed by atoms with Gasteiger partial charge in [-0.15, -0.1) is 0 Å². The molecule has 0 aromatic heterocycles. The topological polar surface area (TPSA) is 60.4 Å². The smallest absolute Gasteiger partial charge is 0.309 e. The zero-order valence-electron chi connectivity index (χ0n) is 15.7. The molecule has 4 saturated carbocycles. The van der Waals surface area contributed by atoms with Gasteiger partial charge in [-0.1, -0.05) is 13.8 Å². The molecule has 0 amide bonds. The van der Waals surface area contributed by atoms with Crippen molar-refractivity contribution < 1.29 is 19.1 Å². The van der Waals surface area contributed by atoms with Gasteiger partial charge < -0.3 is 4.74 Å². The molecule has 0 unspecified atom stereocenters. The summed E-state index contributed by atoms with van der Waals surface area (Å²) in [5.41, 5.74) is -0.0409. The first-order valence-electron chi connectivity index (χ1n) is 9.93. The molecule has 0 aliphatic heterocycles. The highest BCUT2D eigenvalue weighted by molar-refractivity contribution is 5.92. The quantitative estimate of drug-likeness (QED) is 0.681. The summed E-state index contributed by atoms with van der Waals surface area (Å²) >= 11 is 0. The van der Waals surface area contributed by atoms with Crippen molar-refractivity contribution in [3.63, 3.8) is 0 Å². The Morgan fingerprint density at radius 3 is 2.52 bits per heavy atom. The van der Waals surface area contributed by atoms with Crippen LogP contribution in [0.3, 0.4) is 0 Å². The summed E-state index contributed by atoms with van der Waals surface area (Å²) in [6, 6.07) is 0. The maximum absolute atomic E-state index is 13.0. The Labute approximate surface area is 150 Å². The van der Waals surface area contributed by atoms with E-state index in [0.29, 0.717) is 36.4 Å². The summed E-state index contributed by atoms with van der Waals surface area (Å²) in [7, 11) is 1.43. The van der Waals surface area contributed by atoms with Crippen molar-refractivity contribution >= 4 is 17.5 Å². The molecule has 4 fully saturated rings. The highest BCUT2D eigenvalue weighted by atomic mass is 16.5. The van der Waals surface area contributed by atoms with Gasteiger partial charge in [0.05, 0.1) is 13.0 Å². The molecule has 0 heterocycles. The van der Waals surface area contributed by atoms with Crippen molar-refractivity contribution in [2.24, 2.45) is 40.4 Å². The Bertz CT molecular complexity index is 625. The Hall–Kier alpha value is -1.19. The van der Waals surface area contributed by atoms with E-state index in [1.807, 2.05) is 0 Å². The van der Waals surface area contributed by atoms with Crippen molar-refractivity contribution in [3.05, 3.63) is 0 Å². The number of esters is 1. The third-order valence-electron chi connectivity index (χ3n) is 8.73. The largest absolute Gasteiger partial charge is 0.469 e. The Kier molecular flexibility index (Phi) is 3.90. The molecular weight excluding hydrogens is 316 g/mol. The van der Waals surface area contributed by atoms with Crippen LogP contribution in [0.15, 0.2) is 0 Å². The Balaban J connectivity index is 1.66. The number of hydrogen-bond acceptors (Lipinski definition) is 4. The van der Waals surface area contributed by atoms with Crippen LogP contribution in [0.4, 0.5) is 0 Å². The minimum Gasteiger partial charge on any atom is -0.469 e. The number of carbonyl (C=O) groups is 3. The van der Waals surface area contributed by atoms with Crippen molar-refractivity contribution in [1.29, 1.82) is 0 Å². The standard InChI is InChI=1S/C21H30O4/c1-20-8-6-13(22)10-12(20)4-5-14-15(20)7-9-21(2)16(19(24)25-3)11-17(23)18(14)21/h12,14-16,18H,4-11H2,1-3H3/t12-,14+,15-,16+,18+,20+,21-/m1/s1. The fourth-order valence-corrected chi connectivity index (χ4v) is 7.33. The lowest BCUT2D eigenvalue weighted by Gasteiger charge is -2.59. The molecule has 4 aliphatic rings. The normalized spacial score (nSPS) is 49.2. The maximum atomic E-state index is 13.0. The van der Waals surface area contributed by atoms with Gasteiger partial charge in [0.2, 0.25) is 0 Å². The molecule has 4 rings (SSSR count). The van der Waals surface area contributed by atoms with Crippen LogP contribution in [-0.2, 0) is 19.1 Å². The maximum Gasteiger partial charge on any atom is 0.309 e. The van der Waals surface area contributed by atoms with Crippen molar-refractivity contribution in [2.75, 3.05) is 7.11 Å². The van der Waals surface area contributed by atoms with Crippen LogP contribution in [0.1, 0.15) is 65.2 Å². The van der Waals surface area contributed by atoms with Crippen molar-refractivity contribution in [2.45, 2.75) is 65.2 Å². The van der Waals surface area contributed by atoms with E-state index in [2.05, 4.69) is 13.8 Å². The van der Waals surface area contributed by atoms with Gasteiger partial charge in [-0.3, -0.25) is 14.4 Å². The van der Waals surface area contributed by atoms with E-state index < -0.39 is 0 Å². The second-order valence-corrected chi connectivity index (χ2v) is 9.56. The van der Waals surface area contributed by atoms with Crippen LogP contribution < -0.4 is 0 Å². The Morgan fingerprint density at radius 1 is 1.04 bits per heavy atom. The summed E-state index contributed by atoms with van der Waals surface area (Å²) in [5, 5.41) is 0. The van der Waals surface area contributed by atoms with E-state index in [-0.39, 0.29) is 34.4 Å². The zero-order valence-corrected chi connectivity index (χ0v) is 15.7. The number of ketones is 2. The first kappa shape index (κ1) is 17.2. The number of ether oxygens (including phenoxy) is 1. The monoisotopic (exact) mass is 346 g/mol. The predicted octanol–water partition coefficient (Wildman–Crippen LogP) is 3.57. The molecule has 4 heteroatoms. The van der Waals surface area contributed by atoms with Crippen LogP contribution in [0.25, 0.3) is 0 Å². The lowest BCUT2D eigenvalue weighted by molar-refractivity contribution is -0.158.